The van der Waals surface area contributed by atoms with Crippen molar-refractivity contribution in [3.8, 4) is 0 Å². The minimum atomic E-state index is 0.317. The van der Waals surface area contributed by atoms with Gasteiger partial charge in [-0.05, 0) is 32.7 Å². The van der Waals surface area contributed by atoms with Crippen LogP contribution in [0.5, 0.6) is 0 Å². The molecule has 0 bridgehead atoms. The zero-order valence-electron chi connectivity index (χ0n) is 10.3. The molecule has 0 spiro atoms. The molecule has 4 atom stereocenters. The normalized spacial score (nSPS) is 42.4. The van der Waals surface area contributed by atoms with Crippen molar-refractivity contribution in [1.29, 1.82) is 0 Å². The van der Waals surface area contributed by atoms with E-state index in [-0.39, 0.29) is 0 Å². The standard InChI is InChI=1S/C8H21B4N/c1-8(2,3)13-6(11)4(9)5(10)7(13)12/h4-7H,9-12H2,1-3H3. The predicted molar refractivity (Wildman–Crippen MR) is 70.8 cm³/mol. The lowest BCUT2D eigenvalue weighted by Gasteiger charge is -2.40. The van der Waals surface area contributed by atoms with Crippen molar-refractivity contribution in [3.63, 3.8) is 0 Å². The fourth-order valence-corrected chi connectivity index (χ4v) is 2.98. The predicted octanol–water partition coefficient (Wildman–Crippen LogP) is -2.14. The summed E-state index contributed by atoms with van der Waals surface area (Å²) in [6, 6.07) is 0. The Kier molecular flexibility index (Phi) is 2.97. The van der Waals surface area contributed by atoms with Crippen LogP contribution < -0.4 is 0 Å². The highest BCUT2D eigenvalue weighted by Crippen LogP contribution is 2.41. The average molecular weight is 175 g/mol. The minimum absolute atomic E-state index is 0.317. The second kappa shape index (κ2) is 3.42. The van der Waals surface area contributed by atoms with Gasteiger partial charge in [0.25, 0.3) is 0 Å². The van der Waals surface area contributed by atoms with Crippen LogP contribution >= 0.6 is 0 Å². The summed E-state index contributed by atoms with van der Waals surface area (Å²) in [5, 5.41) is 0. The second-order valence-electron chi connectivity index (χ2n) is 5.78. The van der Waals surface area contributed by atoms with E-state index in [1.54, 1.807) is 0 Å². The number of hydrogen-bond acceptors (Lipinski definition) is 1. The van der Waals surface area contributed by atoms with Gasteiger partial charge in [0.1, 0.15) is 31.4 Å². The number of likely N-dealkylation sites (tertiary alicyclic amines) is 1. The zero-order chi connectivity index (χ0) is 10.4. The van der Waals surface area contributed by atoms with Crippen LogP contribution in [0.25, 0.3) is 0 Å². The molecule has 1 saturated heterocycles. The highest BCUT2D eigenvalue weighted by molar-refractivity contribution is 6.31. The molecule has 0 aromatic carbocycles. The molecule has 0 aliphatic carbocycles. The third-order valence-corrected chi connectivity index (χ3v) is 4.00. The lowest BCUT2D eigenvalue weighted by atomic mass is 9.58. The minimum Gasteiger partial charge on any atom is -0.309 e. The van der Waals surface area contributed by atoms with Crippen molar-refractivity contribution in [2.24, 2.45) is 0 Å². The molecule has 0 N–H and O–H groups in total. The van der Waals surface area contributed by atoms with E-state index in [9.17, 15) is 0 Å². The van der Waals surface area contributed by atoms with E-state index >= 15 is 0 Å². The fraction of sp³-hybridized carbons (Fsp3) is 1.00. The van der Waals surface area contributed by atoms with E-state index in [4.69, 9.17) is 0 Å². The van der Waals surface area contributed by atoms with Gasteiger partial charge in [0.15, 0.2) is 0 Å². The quantitative estimate of drug-likeness (QED) is 0.379. The zero-order valence-corrected chi connectivity index (χ0v) is 10.3. The summed E-state index contributed by atoms with van der Waals surface area (Å²) in [6.07, 6.45) is 0. The van der Waals surface area contributed by atoms with Crippen LogP contribution in [-0.4, -0.2) is 53.7 Å². The molecule has 1 heterocycles. The van der Waals surface area contributed by atoms with Gasteiger partial charge in [-0.15, -0.1) is 0 Å². The lowest BCUT2D eigenvalue weighted by molar-refractivity contribution is 0.140. The SMILES string of the molecule is BC1C(B)C(B)N(C(C)(C)C)C1B. The molecule has 1 nitrogen and oxygen atoms in total. The molecule has 1 aliphatic heterocycles. The molecule has 0 saturated carbocycles. The van der Waals surface area contributed by atoms with Crippen LogP contribution in [0.4, 0.5) is 0 Å². The maximum Gasteiger partial charge on any atom is 0.123 e. The Morgan fingerprint density at radius 3 is 1.31 bits per heavy atom. The Bertz CT molecular complexity index is 177. The molecule has 0 amide bonds. The maximum absolute atomic E-state index is 2.67. The maximum atomic E-state index is 2.67. The van der Waals surface area contributed by atoms with Gasteiger partial charge in [-0.25, -0.2) is 0 Å². The smallest absolute Gasteiger partial charge is 0.123 e. The summed E-state index contributed by atoms with van der Waals surface area (Å²) >= 11 is 0. The molecular weight excluding hydrogens is 153 g/mol. The lowest BCUT2D eigenvalue weighted by Crippen LogP contribution is -2.50. The first-order valence-corrected chi connectivity index (χ1v) is 5.55. The molecule has 4 unspecified atom stereocenters. The third-order valence-electron chi connectivity index (χ3n) is 4.00. The summed E-state index contributed by atoms with van der Waals surface area (Å²) in [5.41, 5.74) is 0.317. The van der Waals surface area contributed by atoms with E-state index in [0.29, 0.717) is 5.54 Å². The van der Waals surface area contributed by atoms with Gasteiger partial charge >= 0.3 is 0 Å². The molecule has 0 aromatic heterocycles. The highest BCUT2D eigenvalue weighted by Gasteiger charge is 2.43. The largest absolute Gasteiger partial charge is 0.309 e. The van der Waals surface area contributed by atoms with Crippen molar-refractivity contribution in [2.45, 2.75) is 49.8 Å². The number of hydrogen-bond donors (Lipinski definition) is 0. The monoisotopic (exact) mass is 175 g/mol. The Morgan fingerprint density at radius 2 is 1.15 bits per heavy atom. The van der Waals surface area contributed by atoms with Gasteiger partial charge in [-0.3, -0.25) is 0 Å². The molecule has 0 radical (unpaired) electrons. The van der Waals surface area contributed by atoms with Crippen molar-refractivity contribution in [1.82, 2.24) is 4.90 Å². The van der Waals surface area contributed by atoms with Crippen LogP contribution in [0.3, 0.4) is 0 Å². The topological polar surface area (TPSA) is 3.24 Å². The van der Waals surface area contributed by atoms with E-state index in [1.807, 2.05) is 0 Å². The van der Waals surface area contributed by atoms with Gasteiger partial charge in [-0.1, -0.05) is 11.6 Å². The first-order chi connectivity index (χ1) is 5.76. The van der Waals surface area contributed by atoms with E-state index < -0.39 is 0 Å². The molecule has 70 valence electrons. The second-order valence-corrected chi connectivity index (χ2v) is 5.78. The molecule has 13 heavy (non-hydrogen) atoms. The van der Waals surface area contributed by atoms with Crippen molar-refractivity contribution in [2.75, 3.05) is 0 Å². The molecule has 1 aliphatic rings. The first kappa shape index (κ1) is 11.3. The van der Waals surface area contributed by atoms with Crippen LogP contribution in [0.2, 0.25) is 11.6 Å². The molecule has 1 fully saturated rings. The summed E-state index contributed by atoms with van der Waals surface area (Å²) < 4.78 is 0. The van der Waals surface area contributed by atoms with Crippen molar-refractivity contribution >= 4 is 31.4 Å². The van der Waals surface area contributed by atoms with Crippen LogP contribution in [0.15, 0.2) is 0 Å². The van der Waals surface area contributed by atoms with E-state index in [0.717, 1.165) is 23.5 Å². The van der Waals surface area contributed by atoms with Gasteiger partial charge in [0.2, 0.25) is 0 Å². The van der Waals surface area contributed by atoms with Crippen molar-refractivity contribution < 1.29 is 0 Å². The Labute approximate surface area is 86.7 Å². The average Bonchev–Trinajstić information content (AvgIpc) is 2.14. The van der Waals surface area contributed by atoms with Crippen molar-refractivity contribution in [3.05, 3.63) is 0 Å². The molecule has 0 aromatic rings. The van der Waals surface area contributed by atoms with Crippen LogP contribution in [-0.2, 0) is 0 Å². The van der Waals surface area contributed by atoms with Gasteiger partial charge in [-0.2, -0.15) is 0 Å². The van der Waals surface area contributed by atoms with Crippen LogP contribution in [0.1, 0.15) is 20.8 Å². The number of rotatable bonds is 0. The Morgan fingerprint density at radius 1 is 0.846 bits per heavy atom. The fourth-order valence-electron chi connectivity index (χ4n) is 2.98. The number of nitrogens with zero attached hydrogens (tertiary/aromatic N) is 1. The van der Waals surface area contributed by atoms with E-state index in [2.05, 4.69) is 57.1 Å². The van der Waals surface area contributed by atoms with Gasteiger partial charge < -0.3 is 4.90 Å². The van der Waals surface area contributed by atoms with E-state index in [1.165, 1.54) is 0 Å². The van der Waals surface area contributed by atoms with Gasteiger partial charge in [0, 0.05) is 5.54 Å². The first-order valence-electron chi connectivity index (χ1n) is 5.55. The highest BCUT2D eigenvalue weighted by atomic mass is 15.2. The molecular formula is C8H21B4N. The Balaban J connectivity index is 2.88. The van der Waals surface area contributed by atoms with Gasteiger partial charge in [0.05, 0.1) is 0 Å². The summed E-state index contributed by atoms with van der Waals surface area (Å²) in [6.45, 7) is 6.97. The third kappa shape index (κ3) is 1.86. The summed E-state index contributed by atoms with van der Waals surface area (Å²) in [7, 11) is 9.51. The van der Waals surface area contributed by atoms with Crippen LogP contribution in [0, 0.1) is 0 Å². The molecule has 5 heteroatoms. The summed E-state index contributed by atoms with van der Waals surface area (Å²) in [5.74, 6) is 3.11. The Hall–Kier alpha value is 0.220. The summed E-state index contributed by atoms with van der Waals surface area (Å²) in [4.78, 5) is 2.67. The molecule has 1 rings (SSSR count).